The van der Waals surface area contributed by atoms with Crippen LogP contribution in [0.1, 0.15) is 34.5 Å². The lowest BCUT2D eigenvalue weighted by molar-refractivity contribution is 0.101. The molecule has 0 radical (unpaired) electrons. The molecule has 3 rings (SSSR count). The van der Waals surface area contributed by atoms with Crippen LogP contribution >= 0.6 is 11.8 Å². The van der Waals surface area contributed by atoms with Crippen molar-refractivity contribution in [3.8, 4) is 0 Å². The van der Waals surface area contributed by atoms with Crippen LogP contribution < -0.4 is 0 Å². The van der Waals surface area contributed by atoms with Crippen LogP contribution in [0.15, 0.2) is 53.4 Å². The second-order valence-electron chi connectivity index (χ2n) is 6.15. The first-order valence-electron chi connectivity index (χ1n) is 8.37. The number of carbonyl (C=O) groups is 1. The number of nitrogens with zero attached hydrogens (tertiary/aromatic N) is 1. The minimum atomic E-state index is -3.63. The summed E-state index contributed by atoms with van der Waals surface area (Å²) >= 11 is 1.58. The second kappa shape index (κ2) is 7.90. The van der Waals surface area contributed by atoms with Crippen LogP contribution in [0, 0.1) is 5.82 Å². The van der Waals surface area contributed by atoms with Crippen molar-refractivity contribution >= 4 is 27.6 Å². The summed E-state index contributed by atoms with van der Waals surface area (Å²) in [5.41, 5.74) is 1.11. The van der Waals surface area contributed by atoms with Gasteiger partial charge in [-0.1, -0.05) is 30.3 Å². The summed E-state index contributed by atoms with van der Waals surface area (Å²) in [4.78, 5) is 11.5. The van der Waals surface area contributed by atoms with E-state index in [1.54, 1.807) is 30.0 Å². The Morgan fingerprint density at radius 1 is 1.12 bits per heavy atom. The lowest BCUT2D eigenvalue weighted by Gasteiger charge is -2.20. The number of rotatable bonds is 4. The first kappa shape index (κ1) is 19.1. The molecule has 1 saturated heterocycles. The van der Waals surface area contributed by atoms with Gasteiger partial charge in [0.2, 0.25) is 10.0 Å². The molecule has 138 valence electrons. The summed E-state index contributed by atoms with van der Waals surface area (Å²) < 4.78 is 41.3. The molecule has 0 aliphatic carbocycles. The van der Waals surface area contributed by atoms with Gasteiger partial charge in [0.15, 0.2) is 5.78 Å². The summed E-state index contributed by atoms with van der Waals surface area (Å²) in [7, 11) is -3.63. The van der Waals surface area contributed by atoms with Crippen molar-refractivity contribution in [2.24, 2.45) is 0 Å². The molecule has 1 heterocycles. The standard InChI is InChI=1S/C19H20FNO3S2/c1-14(22)15-6-8-16(9-7-15)26(23,24)21-11-10-19(25-13-12-21)17-4-2-3-5-18(17)20/h2-9,19H,10-13H2,1H3/t19-/m1/s1. The zero-order chi connectivity index (χ0) is 18.7. The third-order valence-electron chi connectivity index (χ3n) is 4.45. The number of sulfonamides is 1. The van der Waals surface area contributed by atoms with E-state index < -0.39 is 10.0 Å². The highest BCUT2D eigenvalue weighted by Crippen LogP contribution is 2.36. The fourth-order valence-electron chi connectivity index (χ4n) is 2.99. The Morgan fingerprint density at radius 2 is 1.81 bits per heavy atom. The topological polar surface area (TPSA) is 54.5 Å². The van der Waals surface area contributed by atoms with Crippen molar-refractivity contribution in [1.82, 2.24) is 4.31 Å². The van der Waals surface area contributed by atoms with Gasteiger partial charge < -0.3 is 0 Å². The molecule has 1 aliphatic heterocycles. The Hall–Kier alpha value is -1.70. The molecule has 0 saturated carbocycles. The maximum absolute atomic E-state index is 14.0. The number of benzene rings is 2. The van der Waals surface area contributed by atoms with Gasteiger partial charge in [0.25, 0.3) is 0 Å². The van der Waals surface area contributed by atoms with Gasteiger partial charge in [0, 0.05) is 35.2 Å². The molecule has 0 aromatic heterocycles. The van der Waals surface area contributed by atoms with Crippen molar-refractivity contribution in [1.29, 1.82) is 0 Å². The van der Waals surface area contributed by atoms with E-state index in [1.165, 1.54) is 41.6 Å². The number of halogens is 1. The Balaban J connectivity index is 1.77. The van der Waals surface area contributed by atoms with Crippen molar-refractivity contribution in [2.45, 2.75) is 23.5 Å². The Morgan fingerprint density at radius 3 is 2.46 bits per heavy atom. The molecule has 0 N–H and O–H groups in total. The molecular formula is C19H20FNO3S2. The van der Waals surface area contributed by atoms with Gasteiger partial charge in [-0.15, -0.1) is 0 Å². The van der Waals surface area contributed by atoms with Gasteiger partial charge >= 0.3 is 0 Å². The predicted molar refractivity (Wildman–Crippen MR) is 101 cm³/mol. The Labute approximate surface area is 157 Å². The van der Waals surface area contributed by atoms with Crippen molar-refractivity contribution in [3.05, 3.63) is 65.5 Å². The van der Waals surface area contributed by atoms with Crippen LogP contribution in [0.3, 0.4) is 0 Å². The van der Waals surface area contributed by atoms with E-state index in [9.17, 15) is 17.6 Å². The number of ketones is 1. The van der Waals surface area contributed by atoms with Gasteiger partial charge in [-0.25, -0.2) is 12.8 Å². The smallest absolute Gasteiger partial charge is 0.243 e. The number of hydrogen-bond donors (Lipinski definition) is 0. The first-order chi connectivity index (χ1) is 12.4. The highest BCUT2D eigenvalue weighted by atomic mass is 32.2. The number of thioether (sulfide) groups is 1. The van der Waals surface area contributed by atoms with E-state index in [4.69, 9.17) is 0 Å². The zero-order valence-electron chi connectivity index (χ0n) is 14.4. The third-order valence-corrected chi connectivity index (χ3v) is 7.67. The van der Waals surface area contributed by atoms with Crippen molar-refractivity contribution in [3.63, 3.8) is 0 Å². The molecule has 2 aromatic rings. The van der Waals surface area contributed by atoms with Crippen LogP contribution in [0.25, 0.3) is 0 Å². The normalized spacial score (nSPS) is 19.1. The van der Waals surface area contributed by atoms with E-state index in [2.05, 4.69) is 0 Å². The Bertz CT molecular complexity index is 897. The molecule has 0 unspecified atom stereocenters. The van der Waals surface area contributed by atoms with Crippen molar-refractivity contribution in [2.75, 3.05) is 18.8 Å². The maximum Gasteiger partial charge on any atom is 0.243 e. The fraction of sp³-hybridized carbons (Fsp3) is 0.316. The van der Waals surface area contributed by atoms with Crippen LogP contribution in [0.5, 0.6) is 0 Å². The molecule has 4 nitrogen and oxygen atoms in total. The monoisotopic (exact) mass is 393 g/mol. The molecule has 2 aromatic carbocycles. The molecule has 7 heteroatoms. The Kier molecular flexibility index (Phi) is 5.79. The van der Waals surface area contributed by atoms with Crippen molar-refractivity contribution < 1.29 is 17.6 Å². The highest BCUT2D eigenvalue weighted by molar-refractivity contribution is 7.99. The SMILES string of the molecule is CC(=O)c1ccc(S(=O)(=O)N2CCS[C@@H](c3ccccc3F)CC2)cc1. The van der Waals surface area contributed by atoms with Gasteiger partial charge in [-0.2, -0.15) is 16.1 Å². The van der Waals surface area contributed by atoms with Crippen LogP contribution in [-0.2, 0) is 10.0 Å². The van der Waals surface area contributed by atoms with E-state index in [0.717, 1.165) is 0 Å². The predicted octanol–water partition coefficient (Wildman–Crippen LogP) is 3.90. The average Bonchev–Trinajstić information content (AvgIpc) is 2.89. The number of carbonyl (C=O) groups excluding carboxylic acids is 1. The summed E-state index contributed by atoms with van der Waals surface area (Å²) in [6.45, 7) is 2.16. The van der Waals surface area contributed by atoms with E-state index in [-0.39, 0.29) is 21.7 Å². The first-order valence-corrected chi connectivity index (χ1v) is 10.9. The maximum atomic E-state index is 14.0. The van der Waals surface area contributed by atoms with Crippen LogP contribution in [0.4, 0.5) is 4.39 Å². The van der Waals surface area contributed by atoms with Gasteiger partial charge in [0.05, 0.1) is 4.90 Å². The summed E-state index contributed by atoms with van der Waals surface area (Å²) in [6, 6.07) is 12.7. The molecular weight excluding hydrogens is 373 g/mol. The average molecular weight is 394 g/mol. The van der Waals surface area contributed by atoms with Gasteiger partial charge in [-0.05, 0) is 31.5 Å². The summed E-state index contributed by atoms with van der Waals surface area (Å²) in [5.74, 6) is 0.248. The van der Waals surface area contributed by atoms with Crippen LogP contribution in [-0.4, -0.2) is 37.3 Å². The molecule has 1 aliphatic rings. The number of Topliss-reactive ketones (excluding diaryl/α,β-unsaturated/α-hetero) is 1. The summed E-state index contributed by atoms with van der Waals surface area (Å²) in [5, 5.41) is -0.0588. The minimum absolute atomic E-state index is 0.0588. The summed E-state index contributed by atoms with van der Waals surface area (Å²) in [6.07, 6.45) is 0.552. The number of hydrogen-bond acceptors (Lipinski definition) is 4. The quantitative estimate of drug-likeness (QED) is 0.740. The fourth-order valence-corrected chi connectivity index (χ4v) is 5.81. The van der Waals surface area contributed by atoms with E-state index >= 15 is 0 Å². The zero-order valence-corrected chi connectivity index (χ0v) is 16.0. The minimum Gasteiger partial charge on any atom is -0.295 e. The van der Waals surface area contributed by atoms with Crippen LogP contribution in [0.2, 0.25) is 0 Å². The molecule has 26 heavy (non-hydrogen) atoms. The van der Waals surface area contributed by atoms with Gasteiger partial charge in [0.1, 0.15) is 5.82 Å². The lowest BCUT2D eigenvalue weighted by atomic mass is 10.1. The molecule has 0 amide bonds. The second-order valence-corrected chi connectivity index (χ2v) is 9.40. The molecule has 0 bridgehead atoms. The lowest BCUT2D eigenvalue weighted by Crippen LogP contribution is -2.33. The third kappa shape index (κ3) is 4.00. The van der Waals surface area contributed by atoms with E-state index in [0.29, 0.717) is 36.4 Å². The largest absolute Gasteiger partial charge is 0.295 e. The highest BCUT2D eigenvalue weighted by Gasteiger charge is 2.29. The molecule has 1 atom stereocenters. The molecule has 1 fully saturated rings. The van der Waals surface area contributed by atoms with Gasteiger partial charge in [-0.3, -0.25) is 4.79 Å². The van der Waals surface area contributed by atoms with E-state index in [1.807, 2.05) is 0 Å². The molecule has 0 spiro atoms.